The Morgan fingerprint density at radius 1 is 1.08 bits per heavy atom. The number of ether oxygens (including phenoxy) is 1. The topological polar surface area (TPSA) is 26.3 Å². The molecule has 3 fully saturated rings. The smallest absolute Gasteiger partial charge is 0.376 e. The fraction of sp³-hybridized carbons (Fsp3) is 0.682. The Bertz CT molecular complexity index is 664. The van der Waals surface area contributed by atoms with Crippen molar-refractivity contribution in [3.8, 4) is 0 Å². The van der Waals surface area contributed by atoms with Crippen molar-refractivity contribution in [2.45, 2.75) is 51.9 Å². The summed E-state index contributed by atoms with van der Waals surface area (Å²) in [5.41, 5.74) is 2.72. The minimum Gasteiger partial charge on any atom is -0.461 e. The zero-order valence-corrected chi connectivity index (χ0v) is 15.6. The van der Waals surface area contributed by atoms with Crippen molar-refractivity contribution in [3.63, 3.8) is 0 Å². The lowest BCUT2D eigenvalue weighted by molar-refractivity contribution is -0.171. The van der Waals surface area contributed by atoms with Crippen LogP contribution in [-0.4, -0.2) is 18.5 Å². The third-order valence-electron chi connectivity index (χ3n) is 7.13. The van der Waals surface area contributed by atoms with Crippen LogP contribution in [0.15, 0.2) is 24.3 Å². The average molecular weight is 362 g/mol. The Hall–Kier alpha value is -1.45. The molecule has 26 heavy (non-hydrogen) atoms. The van der Waals surface area contributed by atoms with E-state index in [4.69, 9.17) is 4.74 Å². The molecule has 3 saturated carbocycles. The number of carbonyl (C=O) groups is 1. The lowest BCUT2D eigenvalue weighted by Crippen LogP contribution is -2.32. The predicted molar refractivity (Wildman–Crippen MR) is 95.9 cm³/mol. The fourth-order valence-corrected chi connectivity index (χ4v) is 6.05. The Balaban J connectivity index is 1.33. The van der Waals surface area contributed by atoms with Crippen LogP contribution in [0.1, 0.15) is 43.7 Å². The van der Waals surface area contributed by atoms with Gasteiger partial charge in [0.1, 0.15) is 0 Å². The molecule has 2 nitrogen and oxygen atoms in total. The first kappa shape index (κ1) is 17.9. The lowest BCUT2D eigenvalue weighted by atomic mass is 9.76. The molecule has 1 aromatic rings. The van der Waals surface area contributed by atoms with Gasteiger partial charge in [0, 0.05) is 6.92 Å². The van der Waals surface area contributed by atoms with Crippen LogP contribution in [0.5, 0.6) is 0 Å². The van der Waals surface area contributed by atoms with E-state index in [2.05, 4.69) is 31.2 Å². The van der Waals surface area contributed by atoms with E-state index >= 15 is 0 Å². The zero-order chi connectivity index (χ0) is 18.5. The van der Waals surface area contributed by atoms with Gasteiger partial charge in [-0.2, -0.15) is 8.78 Å². The molecule has 142 valence electrons. The fourth-order valence-electron chi connectivity index (χ4n) is 6.05. The number of esters is 1. The molecule has 0 aliphatic heterocycles. The van der Waals surface area contributed by atoms with Crippen LogP contribution in [0.2, 0.25) is 0 Å². The van der Waals surface area contributed by atoms with Crippen molar-refractivity contribution in [3.05, 3.63) is 35.4 Å². The van der Waals surface area contributed by atoms with E-state index in [0.29, 0.717) is 24.7 Å². The van der Waals surface area contributed by atoms with Gasteiger partial charge in [0.2, 0.25) is 0 Å². The quantitative estimate of drug-likeness (QED) is 0.687. The molecule has 0 N–H and O–H groups in total. The largest absolute Gasteiger partial charge is 0.461 e. The normalized spacial score (nSPS) is 35.5. The van der Waals surface area contributed by atoms with Gasteiger partial charge in [0.05, 0.1) is 6.61 Å². The number of rotatable bonds is 5. The summed E-state index contributed by atoms with van der Waals surface area (Å²) in [7, 11) is 0. The van der Waals surface area contributed by atoms with E-state index < -0.39 is 11.9 Å². The molecule has 2 bridgehead atoms. The van der Waals surface area contributed by atoms with Crippen LogP contribution < -0.4 is 0 Å². The molecule has 4 rings (SSSR count). The van der Waals surface area contributed by atoms with Gasteiger partial charge >= 0.3 is 11.9 Å². The second-order valence-corrected chi connectivity index (χ2v) is 9.00. The minimum absolute atomic E-state index is 0.176. The number of hydrogen-bond donors (Lipinski definition) is 0. The van der Waals surface area contributed by atoms with Crippen molar-refractivity contribution < 1.29 is 18.3 Å². The summed E-state index contributed by atoms with van der Waals surface area (Å²) < 4.78 is 30.9. The second kappa shape index (κ2) is 6.61. The number of carbonyl (C=O) groups excluding carboxylic acids is 1. The molecule has 0 saturated heterocycles. The summed E-state index contributed by atoms with van der Waals surface area (Å²) in [5.74, 6) is -0.965. The molecule has 1 aromatic carbocycles. The number of alkyl halides is 2. The molecule has 0 spiro atoms. The molecule has 6 atom stereocenters. The molecular formula is C22H28F2O2. The van der Waals surface area contributed by atoms with Crippen molar-refractivity contribution >= 4 is 5.97 Å². The molecule has 3 aliphatic rings. The highest BCUT2D eigenvalue weighted by Gasteiger charge is 2.56. The predicted octanol–water partition coefficient (Wildman–Crippen LogP) is 5.03. The second-order valence-electron chi connectivity index (χ2n) is 9.00. The first-order valence-electron chi connectivity index (χ1n) is 9.92. The van der Waals surface area contributed by atoms with Gasteiger partial charge in [-0.15, -0.1) is 0 Å². The summed E-state index contributed by atoms with van der Waals surface area (Å²) in [6, 6.07) is 8.85. The SMILES string of the molecule is Cc1ccc(CC2CC3C4CC(COC(=O)C(C)(F)F)C(C4)C3C2)cc1. The van der Waals surface area contributed by atoms with Crippen molar-refractivity contribution in [2.24, 2.45) is 35.5 Å². The highest BCUT2D eigenvalue weighted by Crippen LogP contribution is 2.62. The summed E-state index contributed by atoms with van der Waals surface area (Å²) in [6.07, 6.45) is 5.95. The summed E-state index contributed by atoms with van der Waals surface area (Å²) in [6.45, 7) is 2.90. The van der Waals surface area contributed by atoms with E-state index in [9.17, 15) is 13.6 Å². The molecule has 0 heterocycles. The van der Waals surface area contributed by atoms with Gasteiger partial charge in [-0.05, 0) is 80.1 Å². The third-order valence-corrected chi connectivity index (χ3v) is 7.13. The summed E-state index contributed by atoms with van der Waals surface area (Å²) in [4.78, 5) is 11.4. The van der Waals surface area contributed by atoms with Gasteiger partial charge < -0.3 is 4.74 Å². The van der Waals surface area contributed by atoms with Gasteiger partial charge in [-0.3, -0.25) is 0 Å². The monoisotopic (exact) mass is 362 g/mol. The number of halogens is 2. The number of fused-ring (bicyclic) bond motifs is 5. The molecule has 6 unspecified atom stereocenters. The van der Waals surface area contributed by atoms with E-state index in [1.807, 2.05) is 0 Å². The number of benzene rings is 1. The molecule has 3 aliphatic carbocycles. The summed E-state index contributed by atoms with van der Waals surface area (Å²) in [5, 5.41) is 0. The molecule has 0 amide bonds. The highest BCUT2D eigenvalue weighted by atomic mass is 19.3. The first-order chi connectivity index (χ1) is 12.3. The Morgan fingerprint density at radius 2 is 1.77 bits per heavy atom. The molecule has 0 aromatic heterocycles. The third kappa shape index (κ3) is 3.39. The van der Waals surface area contributed by atoms with Crippen molar-refractivity contribution in [1.82, 2.24) is 0 Å². The van der Waals surface area contributed by atoms with Crippen LogP contribution in [0.4, 0.5) is 8.78 Å². The van der Waals surface area contributed by atoms with Crippen molar-refractivity contribution in [1.29, 1.82) is 0 Å². The maximum Gasteiger partial charge on any atom is 0.376 e. The van der Waals surface area contributed by atoms with Crippen LogP contribution in [-0.2, 0) is 16.0 Å². The number of hydrogen-bond acceptors (Lipinski definition) is 2. The molecule has 4 heteroatoms. The van der Waals surface area contributed by atoms with E-state index in [1.54, 1.807) is 0 Å². The van der Waals surface area contributed by atoms with Gasteiger partial charge in [-0.25, -0.2) is 4.79 Å². The Labute approximate surface area is 154 Å². The number of aryl methyl sites for hydroxylation is 1. The van der Waals surface area contributed by atoms with E-state index in [1.165, 1.54) is 30.4 Å². The zero-order valence-electron chi connectivity index (χ0n) is 15.6. The van der Waals surface area contributed by atoms with E-state index in [-0.39, 0.29) is 12.5 Å². The Kier molecular flexibility index (Phi) is 4.56. The highest BCUT2D eigenvalue weighted by molar-refractivity contribution is 5.76. The van der Waals surface area contributed by atoms with E-state index in [0.717, 1.165) is 24.7 Å². The van der Waals surface area contributed by atoms with Crippen LogP contribution >= 0.6 is 0 Å². The molecule has 0 radical (unpaired) electrons. The van der Waals surface area contributed by atoms with Gasteiger partial charge in [0.15, 0.2) is 0 Å². The van der Waals surface area contributed by atoms with Crippen LogP contribution in [0, 0.1) is 42.4 Å². The standard InChI is InChI=1S/C22H28F2O2/c1-13-3-5-14(6-4-13)7-15-8-18-16-10-17(19(11-16)20(18)9-15)12-26-21(25)22(2,23)24/h3-6,15-20H,7-12H2,1-2H3. The lowest BCUT2D eigenvalue weighted by Gasteiger charge is -2.31. The van der Waals surface area contributed by atoms with Crippen LogP contribution in [0.3, 0.4) is 0 Å². The average Bonchev–Trinajstić information content (AvgIpc) is 3.24. The molecular weight excluding hydrogens is 334 g/mol. The first-order valence-corrected chi connectivity index (χ1v) is 9.92. The maximum absolute atomic E-state index is 13.0. The van der Waals surface area contributed by atoms with Gasteiger partial charge in [-0.1, -0.05) is 29.8 Å². The maximum atomic E-state index is 13.0. The summed E-state index contributed by atoms with van der Waals surface area (Å²) >= 11 is 0. The Morgan fingerprint density at radius 3 is 2.46 bits per heavy atom. The minimum atomic E-state index is -3.38. The van der Waals surface area contributed by atoms with Crippen LogP contribution in [0.25, 0.3) is 0 Å². The van der Waals surface area contributed by atoms with Crippen molar-refractivity contribution in [2.75, 3.05) is 6.61 Å². The van der Waals surface area contributed by atoms with Gasteiger partial charge in [0.25, 0.3) is 0 Å².